The number of carbonyl (C=O) groups is 1. The van der Waals surface area contributed by atoms with Crippen LogP contribution in [0.3, 0.4) is 0 Å². The second-order valence-electron chi connectivity index (χ2n) is 8.06. The van der Waals surface area contributed by atoms with E-state index in [0.29, 0.717) is 11.4 Å². The highest BCUT2D eigenvalue weighted by atomic mass is 35.5. The highest BCUT2D eigenvalue weighted by Crippen LogP contribution is 2.41. The standard InChI is InChI=1S/C23H21Cl2NO/c1-14-18(25)5-4-6-19(14)26-20(15-7-9-16(24)10-8-15)11-17-21(26)12-23(2,3)13-22(17)27/h4-11H,12-13H2,1-3H3. The molecular formula is C23H21Cl2NO. The van der Waals surface area contributed by atoms with E-state index in [2.05, 4.69) is 24.5 Å². The third-order valence-corrected chi connectivity index (χ3v) is 5.97. The second-order valence-corrected chi connectivity index (χ2v) is 8.90. The number of ketones is 1. The van der Waals surface area contributed by atoms with E-state index in [1.54, 1.807) is 0 Å². The van der Waals surface area contributed by atoms with Gasteiger partial charge < -0.3 is 4.57 Å². The quantitative estimate of drug-likeness (QED) is 0.460. The molecular weight excluding hydrogens is 377 g/mol. The van der Waals surface area contributed by atoms with Gasteiger partial charge in [-0.1, -0.05) is 55.2 Å². The fourth-order valence-corrected chi connectivity index (χ4v) is 4.25. The van der Waals surface area contributed by atoms with Gasteiger partial charge in [0, 0.05) is 27.7 Å². The Hall–Kier alpha value is -2.03. The first-order chi connectivity index (χ1) is 12.8. The van der Waals surface area contributed by atoms with E-state index >= 15 is 0 Å². The fraction of sp³-hybridized carbons (Fsp3) is 0.261. The Morgan fingerprint density at radius 3 is 2.41 bits per heavy atom. The lowest BCUT2D eigenvalue weighted by atomic mass is 9.76. The molecule has 0 radical (unpaired) electrons. The largest absolute Gasteiger partial charge is 0.313 e. The van der Waals surface area contributed by atoms with Gasteiger partial charge >= 0.3 is 0 Å². The van der Waals surface area contributed by atoms with Crippen LogP contribution in [0, 0.1) is 12.3 Å². The van der Waals surface area contributed by atoms with E-state index in [1.165, 1.54) is 0 Å². The van der Waals surface area contributed by atoms with Crippen LogP contribution in [-0.2, 0) is 6.42 Å². The first-order valence-electron chi connectivity index (χ1n) is 9.06. The van der Waals surface area contributed by atoms with E-state index < -0.39 is 0 Å². The predicted octanol–water partition coefficient (Wildman–Crippen LogP) is 6.91. The van der Waals surface area contributed by atoms with Crippen molar-refractivity contribution in [3.8, 4) is 16.9 Å². The van der Waals surface area contributed by atoms with E-state index in [1.807, 2.05) is 49.4 Å². The molecule has 0 aliphatic heterocycles. The molecule has 0 saturated carbocycles. The van der Waals surface area contributed by atoms with Crippen LogP contribution in [0.2, 0.25) is 10.0 Å². The summed E-state index contributed by atoms with van der Waals surface area (Å²) >= 11 is 12.5. The molecule has 0 fully saturated rings. The zero-order chi connectivity index (χ0) is 19.3. The Kier molecular flexibility index (Phi) is 4.44. The molecule has 138 valence electrons. The van der Waals surface area contributed by atoms with Crippen LogP contribution in [-0.4, -0.2) is 10.4 Å². The van der Waals surface area contributed by atoms with Gasteiger partial charge in [0.2, 0.25) is 0 Å². The van der Waals surface area contributed by atoms with Gasteiger partial charge in [0.25, 0.3) is 0 Å². The lowest BCUT2D eigenvalue weighted by Crippen LogP contribution is -2.27. The predicted molar refractivity (Wildman–Crippen MR) is 112 cm³/mol. The molecule has 0 bridgehead atoms. The van der Waals surface area contributed by atoms with Crippen LogP contribution < -0.4 is 0 Å². The van der Waals surface area contributed by atoms with Crippen molar-refractivity contribution in [2.24, 2.45) is 5.41 Å². The van der Waals surface area contributed by atoms with E-state index in [0.717, 1.165) is 45.2 Å². The van der Waals surface area contributed by atoms with Crippen LogP contribution in [0.1, 0.15) is 41.9 Å². The number of benzene rings is 2. The van der Waals surface area contributed by atoms with Crippen molar-refractivity contribution in [1.82, 2.24) is 4.57 Å². The Bertz CT molecular complexity index is 1040. The van der Waals surface area contributed by atoms with Crippen LogP contribution in [0.15, 0.2) is 48.5 Å². The molecule has 27 heavy (non-hydrogen) atoms. The van der Waals surface area contributed by atoms with Crippen molar-refractivity contribution in [2.75, 3.05) is 0 Å². The van der Waals surface area contributed by atoms with Gasteiger partial charge in [-0.05, 0) is 60.2 Å². The minimum atomic E-state index is -0.0655. The molecule has 1 aromatic heterocycles. The third kappa shape index (κ3) is 3.22. The Balaban J connectivity index is 2.04. The van der Waals surface area contributed by atoms with Gasteiger partial charge in [-0.25, -0.2) is 0 Å². The molecule has 1 heterocycles. The van der Waals surface area contributed by atoms with Gasteiger partial charge in [-0.3, -0.25) is 4.79 Å². The number of nitrogens with zero attached hydrogens (tertiary/aromatic N) is 1. The van der Waals surface area contributed by atoms with Crippen LogP contribution in [0.25, 0.3) is 16.9 Å². The zero-order valence-electron chi connectivity index (χ0n) is 15.6. The Morgan fingerprint density at radius 1 is 1.00 bits per heavy atom. The smallest absolute Gasteiger partial charge is 0.165 e. The fourth-order valence-electron chi connectivity index (χ4n) is 3.96. The molecule has 0 atom stereocenters. The van der Waals surface area contributed by atoms with Gasteiger partial charge in [-0.2, -0.15) is 0 Å². The van der Waals surface area contributed by atoms with Crippen molar-refractivity contribution >= 4 is 29.0 Å². The van der Waals surface area contributed by atoms with Gasteiger partial charge in [0.15, 0.2) is 5.78 Å². The summed E-state index contributed by atoms with van der Waals surface area (Å²) in [7, 11) is 0. The molecule has 0 spiro atoms. The maximum atomic E-state index is 12.9. The number of fused-ring (bicyclic) bond motifs is 1. The maximum Gasteiger partial charge on any atom is 0.165 e. The number of hydrogen-bond donors (Lipinski definition) is 0. The Labute approximate surface area is 169 Å². The van der Waals surface area contributed by atoms with E-state index in [4.69, 9.17) is 23.2 Å². The van der Waals surface area contributed by atoms with Gasteiger partial charge in [0.05, 0.1) is 11.4 Å². The molecule has 0 N–H and O–H groups in total. The summed E-state index contributed by atoms with van der Waals surface area (Å²) in [6.07, 6.45) is 1.41. The number of aromatic nitrogens is 1. The normalized spacial score (nSPS) is 15.7. The number of Topliss-reactive ketones (excluding diaryl/α,β-unsaturated/α-hetero) is 1. The first-order valence-corrected chi connectivity index (χ1v) is 9.82. The lowest BCUT2D eigenvalue weighted by Gasteiger charge is -2.30. The molecule has 2 aromatic carbocycles. The van der Waals surface area contributed by atoms with Gasteiger partial charge in [0.1, 0.15) is 0 Å². The highest BCUT2D eigenvalue weighted by molar-refractivity contribution is 6.31. The number of hydrogen-bond acceptors (Lipinski definition) is 1. The molecule has 0 amide bonds. The summed E-state index contributed by atoms with van der Waals surface area (Å²) in [5, 5.41) is 1.41. The van der Waals surface area contributed by atoms with E-state index in [9.17, 15) is 4.79 Å². The summed E-state index contributed by atoms with van der Waals surface area (Å²) in [5.41, 5.74) is 5.85. The summed E-state index contributed by atoms with van der Waals surface area (Å²) in [6.45, 7) is 6.32. The average Bonchev–Trinajstić information content (AvgIpc) is 2.96. The van der Waals surface area contributed by atoms with Crippen molar-refractivity contribution < 1.29 is 4.79 Å². The molecule has 4 heteroatoms. The minimum absolute atomic E-state index is 0.0655. The maximum absolute atomic E-state index is 12.9. The van der Waals surface area contributed by atoms with E-state index in [-0.39, 0.29) is 11.2 Å². The summed E-state index contributed by atoms with van der Waals surface area (Å²) in [5.74, 6) is 0.204. The first kappa shape index (κ1) is 18.3. The molecule has 1 aliphatic rings. The molecule has 0 unspecified atom stereocenters. The monoisotopic (exact) mass is 397 g/mol. The second kappa shape index (κ2) is 6.54. The number of carbonyl (C=O) groups excluding carboxylic acids is 1. The average molecular weight is 398 g/mol. The SMILES string of the molecule is Cc1c(Cl)cccc1-n1c(-c2ccc(Cl)cc2)cc2c1CC(C)(C)CC2=O. The molecule has 4 rings (SSSR count). The number of rotatable bonds is 2. The Morgan fingerprint density at radius 2 is 1.70 bits per heavy atom. The van der Waals surface area contributed by atoms with Gasteiger partial charge in [-0.15, -0.1) is 0 Å². The van der Waals surface area contributed by atoms with Crippen molar-refractivity contribution in [3.63, 3.8) is 0 Å². The number of halogens is 2. The van der Waals surface area contributed by atoms with Crippen molar-refractivity contribution in [2.45, 2.75) is 33.6 Å². The van der Waals surface area contributed by atoms with Crippen molar-refractivity contribution in [1.29, 1.82) is 0 Å². The summed E-state index contributed by atoms with van der Waals surface area (Å²) < 4.78 is 2.21. The molecule has 1 aliphatic carbocycles. The molecule has 0 saturated heterocycles. The van der Waals surface area contributed by atoms with Crippen LogP contribution >= 0.6 is 23.2 Å². The lowest BCUT2D eigenvalue weighted by molar-refractivity contribution is 0.0911. The minimum Gasteiger partial charge on any atom is -0.313 e. The van der Waals surface area contributed by atoms with Crippen molar-refractivity contribution in [3.05, 3.63) is 75.4 Å². The molecule has 2 nitrogen and oxygen atoms in total. The summed E-state index contributed by atoms with van der Waals surface area (Å²) in [6, 6.07) is 15.7. The van der Waals surface area contributed by atoms with Crippen LogP contribution in [0.5, 0.6) is 0 Å². The topological polar surface area (TPSA) is 22.0 Å². The molecule has 3 aromatic rings. The zero-order valence-corrected chi connectivity index (χ0v) is 17.2. The third-order valence-electron chi connectivity index (χ3n) is 5.31. The summed E-state index contributed by atoms with van der Waals surface area (Å²) in [4.78, 5) is 12.9. The van der Waals surface area contributed by atoms with Crippen LogP contribution in [0.4, 0.5) is 0 Å². The highest BCUT2D eigenvalue weighted by Gasteiger charge is 2.35.